The second kappa shape index (κ2) is 9.16. The number of carbonyl (C=O) groups excluding carboxylic acids is 1. The van der Waals surface area contributed by atoms with Crippen molar-refractivity contribution in [1.29, 1.82) is 0 Å². The normalized spacial score (nSPS) is 14.1. The number of rotatable bonds is 6. The zero-order valence-electron chi connectivity index (χ0n) is 17.5. The lowest BCUT2D eigenvalue weighted by Gasteiger charge is -2.35. The number of halogens is 1. The highest BCUT2D eigenvalue weighted by atomic mass is 19.1. The number of anilines is 1. The largest absolute Gasteiger partial charge is 0.484 e. The lowest BCUT2D eigenvalue weighted by Crippen LogP contribution is -2.51. The number of benzene rings is 2. The summed E-state index contributed by atoms with van der Waals surface area (Å²) in [5.74, 6) is 0.390. The number of ether oxygens (including phenoxy) is 1. The average molecular weight is 424 g/mol. The summed E-state index contributed by atoms with van der Waals surface area (Å²) in [4.78, 5) is 33.9. The molecule has 162 valence electrons. The molecule has 0 N–H and O–H groups in total. The van der Waals surface area contributed by atoms with Crippen molar-refractivity contribution in [1.82, 2.24) is 14.5 Å². The molecule has 4 rings (SSSR count). The zero-order valence-corrected chi connectivity index (χ0v) is 17.5. The Bertz CT molecular complexity index is 1120. The van der Waals surface area contributed by atoms with Crippen LogP contribution in [0.3, 0.4) is 0 Å². The Balaban J connectivity index is 1.43. The molecule has 1 aromatic heterocycles. The van der Waals surface area contributed by atoms with Crippen LogP contribution in [0.4, 0.5) is 10.2 Å². The van der Waals surface area contributed by atoms with Crippen molar-refractivity contribution in [2.45, 2.75) is 19.9 Å². The van der Waals surface area contributed by atoms with Crippen LogP contribution in [0.25, 0.3) is 11.0 Å². The third kappa shape index (κ3) is 4.52. The van der Waals surface area contributed by atoms with E-state index in [9.17, 15) is 14.0 Å². The van der Waals surface area contributed by atoms with Gasteiger partial charge < -0.3 is 19.1 Å². The first-order valence-corrected chi connectivity index (χ1v) is 10.5. The number of hydrogen-bond acceptors (Lipinski definition) is 5. The van der Waals surface area contributed by atoms with Crippen molar-refractivity contribution >= 4 is 22.8 Å². The number of aryl methyl sites for hydroxylation is 1. The highest BCUT2D eigenvalue weighted by Gasteiger charge is 2.25. The summed E-state index contributed by atoms with van der Waals surface area (Å²) in [6.07, 6.45) is 0.851. The molecule has 0 saturated carbocycles. The number of carbonyl (C=O) groups is 1. The molecule has 2 heterocycles. The molecule has 0 unspecified atom stereocenters. The van der Waals surface area contributed by atoms with Gasteiger partial charge in [-0.3, -0.25) is 9.59 Å². The van der Waals surface area contributed by atoms with E-state index in [4.69, 9.17) is 4.74 Å². The van der Waals surface area contributed by atoms with Gasteiger partial charge in [-0.2, -0.15) is 0 Å². The topological polar surface area (TPSA) is 67.7 Å². The second-order valence-corrected chi connectivity index (χ2v) is 7.49. The van der Waals surface area contributed by atoms with Gasteiger partial charge in [-0.05, 0) is 42.8 Å². The maximum Gasteiger partial charge on any atom is 0.294 e. The van der Waals surface area contributed by atoms with Crippen LogP contribution in [0, 0.1) is 5.82 Å². The summed E-state index contributed by atoms with van der Waals surface area (Å²) in [6.45, 7) is 4.57. The van der Waals surface area contributed by atoms with Crippen LogP contribution < -0.4 is 15.2 Å². The summed E-state index contributed by atoms with van der Waals surface area (Å²) in [6, 6.07) is 13.2. The van der Waals surface area contributed by atoms with Crippen molar-refractivity contribution in [2.24, 2.45) is 0 Å². The lowest BCUT2D eigenvalue weighted by atomic mass is 10.2. The van der Waals surface area contributed by atoms with E-state index in [-0.39, 0.29) is 23.9 Å². The van der Waals surface area contributed by atoms with Gasteiger partial charge in [-0.25, -0.2) is 9.37 Å². The molecule has 3 aromatic rings. The first-order chi connectivity index (χ1) is 15.1. The molecule has 2 aromatic carbocycles. The van der Waals surface area contributed by atoms with Gasteiger partial charge in [0.05, 0.1) is 11.0 Å². The molecule has 1 fully saturated rings. The molecular formula is C23H25FN4O3. The van der Waals surface area contributed by atoms with Gasteiger partial charge in [0.15, 0.2) is 12.4 Å². The van der Waals surface area contributed by atoms with Crippen LogP contribution >= 0.6 is 0 Å². The number of fused-ring (bicyclic) bond motifs is 1. The number of hydrogen-bond donors (Lipinski definition) is 0. The van der Waals surface area contributed by atoms with Gasteiger partial charge in [0.25, 0.3) is 11.5 Å². The summed E-state index contributed by atoms with van der Waals surface area (Å²) in [5.41, 5.74) is 1.53. The van der Waals surface area contributed by atoms with Crippen LogP contribution in [0.2, 0.25) is 0 Å². The standard InChI is InChI=1S/C23H25FN4O3/c1-2-11-28-20-6-4-3-5-19(20)25-22(23(28)30)27-14-12-26(13-15-27)21(29)16-31-18-9-7-17(24)8-10-18/h3-10H,2,11-16H2,1H3. The Hall–Kier alpha value is -3.42. The molecule has 1 amide bonds. The molecule has 0 atom stereocenters. The minimum absolute atomic E-state index is 0.0973. The predicted octanol–water partition coefficient (Wildman–Crippen LogP) is 2.67. The number of aromatic nitrogens is 2. The average Bonchev–Trinajstić information content (AvgIpc) is 2.80. The fraction of sp³-hybridized carbons (Fsp3) is 0.348. The van der Waals surface area contributed by atoms with Crippen LogP contribution in [-0.2, 0) is 11.3 Å². The maximum atomic E-state index is 13.1. The smallest absolute Gasteiger partial charge is 0.294 e. The van der Waals surface area contributed by atoms with Gasteiger partial charge >= 0.3 is 0 Å². The quantitative estimate of drug-likeness (QED) is 0.609. The molecule has 8 heteroatoms. The number of para-hydroxylation sites is 2. The van der Waals surface area contributed by atoms with Gasteiger partial charge in [0.1, 0.15) is 11.6 Å². The van der Waals surface area contributed by atoms with Crippen molar-refractivity contribution in [3.05, 3.63) is 64.7 Å². The maximum absolute atomic E-state index is 13.1. The molecule has 0 aliphatic carbocycles. The van der Waals surface area contributed by atoms with E-state index >= 15 is 0 Å². The van der Waals surface area contributed by atoms with Crippen molar-refractivity contribution in [2.75, 3.05) is 37.7 Å². The van der Waals surface area contributed by atoms with E-state index in [1.165, 1.54) is 24.3 Å². The number of amides is 1. The minimum Gasteiger partial charge on any atom is -0.484 e. The summed E-state index contributed by atoms with van der Waals surface area (Å²) >= 11 is 0. The monoisotopic (exact) mass is 424 g/mol. The highest BCUT2D eigenvalue weighted by Crippen LogP contribution is 2.17. The third-order valence-electron chi connectivity index (χ3n) is 5.39. The molecule has 0 bridgehead atoms. The Morgan fingerprint density at radius 1 is 1.06 bits per heavy atom. The Morgan fingerprint density at radius 3 is 2.48 bits per heavy atom. The van der Waals surface area contributed by atoms with Gasteiger partial charge in [0, 0.05) is 32.7 Å². The van der Waals surface area contributed by atoms with Crippen LogP contribution in [0.5, 0.6) is 5.75 Å². The molecular weight excluding hydrogens is 399 g/mol. The number of nitrogens with zero attached hydrogens (tertiary/aromatic N) is 4. The molecule has 1 aliphatic heterocycles. The van der Waals surface area contributed by atoms with Gasteiger partial charge in [0.2, 0.25) is 0 Å². The SMILES string of the molecule is CCCn1c(=O)c(N2CCN(C(=O)COc3ccc(F)cc3)CC2)nc2ccccc21. The first kappa shape index (κ1) is 20.8. The van der Waals surface area contributed by atoms with E-state index in [1.54, 1.807) is 9.47 Å². The van der Waals surface area contributed by atoms with Crippen molar-refractivity contribution < 1.29 is 13.9 Å². The van der Waals surface area contributed by atoms with E-state index in [1.807, 2.05) is 36.1 Å². The third-order valence-corrected chi connectivity index (χ3v) is 5.39. The lowest BCUT2D eigenvalue weighted by molar-refractivity contribution is -0.133. The molecule has 0 spiro atoms. The molecule has 1 saturated heterocycles. The second-order valence-electron chi connectivity index (χ2n) is 7.49. The summed E-state index contributed by atoms with van der Waals surface area (Å²) in [5, 5.41) is 0. The van der Waals surface area contributed by atoms with E-state index in [2.05, 4.69) is 4.98 Å². The summed E-state index contributed by atoms with van der Waals surface area (Å²) < 4.78 is 20.2. The first-order valence-electron chi connectivity index (χ1n) is 10.5. The fourth-order valence-electron chi connectivity index (χ4n) is 3.77. The molecule has 31 heavy (non-hydrogen) atoms. The van der Waals surface area contributed by atoms with Crippen LogP contribution in [0.15, 0.2) is 53.3 Å². The summed E-state index contributed by atoms with van der Waals surface area (Å²) in [7, 11) is 0. The zero-order chi connectivity index (χ0) is 21.8. The van der Waals surface area contributed by atoms with Crippen molar-refractivity contribution in [3.63, 3.8) is 0 Å². The van der Waals surface area contributed by atoms with Gasteiger partial charge in [-0.15, -0.1) is 0 Å². The minimum atomic E-state index is -0.352. The fourth-order valence-corrected chi connectivity index (χ4v) is 3.77. The van der Waals surface area contributed by atoms with Crippen molar-refractivity contribution in [3.8, 4) is 5.75 Å². The van der Waals surface area contributed by atoms with Gasteiger partial charge in [-0.1, -0.05) is 19.1 Å². The van der Waals surface area contributed by atoms with Crippen LogP contribution in [-0.4, -0.2) is 53.1 Å². The van der Waals surface area contributed by atoms with Crippen LogP contribution in [0.1, 0.15) is 13.3 Å². The Labute approximate surface area is 179 Å². The molecule has 1 aliphatic rings. The Morgan fingerprint density at radius 2 is 1.77 bits per heavy atom. The molecule has 0 radical (unpaired) electrons. The van der Waals surface area contributed by atoms with E-state index < -0.39 is 0 Å². The predicted molar refractivity (Wildman–Crippen MR) is 117 cm³/mol. The highest BCUT2D eigenvalue weighted by molar-refractivity contribution is 5.78. The van der Waals surface area contributed by atoms with E-state index in [0.717, 1.165) is 17.5 Å². The van der Waals surface area contributed by atoms with E-state index in [0.29, 0.717) is 44.3 Å². The number of piperazine rings is 1. The Kier molecular flexibility index (Phi) is 6.16. The molecule has 7 nitrogen and oxygen atoms in total.